The standard InChI is InChI=1S/C10H10O/c1-3-10(5-6-10)9-4-7-11-8(9)2/h1,4,7H,5-6H2,2H3. The van der Waals surface area contributed by atoms with Crippen LogP contribution >= 0.6 is 0 Å². The van der Waals surface area contributed by atoms with Gasteiger partial charge in [-0.2, -0.15) is 0 Å². The van der Waals surface area contributed by atoms with Gasteiger partial charge >= 0.3 is 0 Å². The highest BCUT2D eigenvalue weighted by Gasteiger charge is 2.44. The molecule has 0 spiro atoms. The van der Waals surface area contributed by atoms with Crippen molar-refractivity contribution in [3.63, 3.8) is 0 Å². The smallest absolute Gasteiger partial charge is 0.105 e. The number of terminal acetylenes is 1. The lowest BCUT2D eigenvalue weighted by molar-refractivity contribution is 0.527. The average Bonchev–Trinajstić information content (AvgIpc) is 2.70. The second-order valence-corrected chi connectivity index (χ2v) is 3.12. The van der Waals surface area contributed by atoms with E-state index >= 15 is 0 Å². The molecule has 2 rings (SSSR count). The van der Waals surface area contributed by atoms with Crippen molar-refractivity contribution in [1.82, 2.24) is 0 Å². The van der Waals surface area contributed by atoms with Gasteiger partial charge in [0.2, 0.25) is 0 Å². The molecule has 1 aromatic rings. The largest absolute Gasteiger partial charge is 0.469 e. The van der Waals surface area contributed by atoms with Gasteiger partial charge in [-0.25, -0.2) is 0 Å². The molecule has 1 heterocycles. The summed E-state index contributed by atoms with van der Waals surface area (Å²) in [5.41, 5.74) is 1.25. The van der Waals surface area contributed by atoms with Crippen LogP contribution in [0.4, 0.5) is 0 Å². The molecule has 11 heavy (non-hydrogen) atoms. The molecule has 0 atom stereocenters. The van der Waals surface area contributed by atoms with Crippen LogP contribution in [0.3, 0.4) is 0 Å². The fourth-order valence-corrected chi connectivity index (χ4v) is 1.50. The van der Waals surface area contributed by atoms with Crippen molar-refractivity contribution in [3.8, 4) is 12.3 Å². The molecule has 1 saturated carbocycles. The first-order valence-electron chi connectivity index (χ1n) is 3.81. The van der Waals surface area contributed by atoms with Crippen molar-refractivity contribution in [2.45, 2.75) is 25.2 Å². The van der Waals surface area contributed by atoms with Gasteiger partial charge in [0.25, 0.3) is 0 Å². The summed E-state index contributed by atoms with van der Waals surface area (Å²) in [5.74, 6) is 3.81. The van der Waals surface area contributed by atoms with Crippen LogP contribution in [0.5, 0.6) is 0 Å². The number of hydrogen-bond acceptors (Lipinski definition) is 1. The third-order valence-corrected chi connectivity index (χ3v) is 2.40. The van der Waals surface area contributed by atoms with E-state index in [2.05, 4.69) is 5.92 Å². The van der Waals surface area contributed by atoms with Crippen LogP contribution in [-0.2, 0) is 5.41 Å². The Hall–Kier alpha value is -1.16. The minimum absolute atomic E-state index is 0.0388. The van der Waals surface area contributed by atoms with Gasteiger partial charge in [0, 0.05) is 5.56 Å². The fraction of sp³-hybridized carbons (Fsp3) is 0.400. The number of furan rings is 1. The summed E-state index contributed by atoms with van der Waals surface area (Å²) in [7, 11) is 0. The van der Waals surface area contributed by atoms with E-state index in [1.807, 2.05) is 13.0 Å². The van der Waals surface area contributed by atoms with Crippen molar-refractivity contribution in [1.29, 1.82) is 0 Å². The SMILES string of the molecule is C#CC1(c2ccoc2C)CC1. The molecular formula is C10H10O. The summed E-state index contributed by atoms with van der Waals surface area (Å²) in [6.07, 6.45) is 9.38. The third-order valence-electron chi connectivity index (χ3n) is 2.40. The summed E-state index contributed by atoms with van der Waals surface area (Å²) < 4.78 is 5.20. The van der Waals surface area contributed by atoms with Gasteiger partial charge in [-0.05, 0) is 25.8 Å². The van der Waals surface area contributed by atoms with Crippen molar-refractivity contribution in [2.24, 2.45) is 0 Å². The first kappa shape index (κ1) is 6.54. The molecule has 0 unspecified atom stereocenters. The van der Waals surface area contributed by atoms with E-state index in [4.69, 9.17) is 10.8 Å². The Labute approximate surface area is 66.4 Å². The van der Waals surface area contributed by atoms with Gasteiger partial charge in [0.05, 0.1) is 11.7 Å². The van der Waals surface area contributed by atoms with Crippen LogP contribution in [0.2, 0.25) is 0 Å². The lowest BCUT2D eigenvalue weighted by atomic mass is 9.98. The van der Waals surface area contributed by atoms with Gasteiger partial charge in [-0.3, -0.25) is 0 Å². The highest BCUT2D eigenvalue weighted by Crippen LogP contribution is 2.48. The van der Waals surface area contributed by atoms with Crippen LogP contribution in [-0.4, -0.2) is 0 Å². The lowest BCUT2D eigenvalue weighted by Crippen LogP contribution is -2.01. The van der Waals surface area contributed by atoms with Crippen LogP contribution in [0.1, 0.15) is 24.2 Å². The van der Waals surface area contributed by atoms with Gasteiger partial charge in [-0.15, -0.1) is 6.42 Å². The van der Waals surface area contributed by atoms with Crippen molar-refractivity contribution >= 4 is 0 Å². The summed E-state index contributed by atoms with van der Waals surface area (Å²) in [5, 5.41) is 0. The number of aryl methyl sites for hydroxylation is 1. The van der Waals surface area contributed by atoms with E-state index in [-0.39, 0.29) is 5.41 Å². The molecule has 0 aliphatic heterocycles. The molecule has 1 aliphatic rings. The second-order valence-electron chi connectivity index (χ2n) is 3.12. The molecule has 0 N–H and O–H groups in total. The van der Waals surface area contributed by atoms with Gasteiger partial charge in [-0.1, -0.05) is 5.92 Å². The first-order valence-corrected chi connectivity index (χ1v) is 3.81. The molecule has 0 amide bonds. The predicted octanol–water partition coefficient (Wildman–Crippen LogP) is 2.25. The third kappa shape index (κ3) is 0.793. The minimum Gasteiger partial charge on any atom is -0.469 e. The normalized spacial score (nSPS) is 19.3. The molecule has 0 aromatic carbocycles. The van der Waals surface area contributed by atoms with E-state index in [1.54, 1.807) is 6.26 Å². The van der Waals surface area contributed by atoms with E-state index in [0.717, 1.165) is 18.6 Å². The Morgan fingerprint density at radius 3 is 2.73 bits per heavy atom. The van der Waals surface area contributed by atoms with E-state index < -0.39 is 0 Å². The Balaban J connectivity index is 2.45. The van der Waals surface area contributed by atoms with Crippen molar-refractivity contribution < 1.29 is 4.42 Å². The zero-order valence-corrected chi connectivity index (χ0v) is 6.55. The van der Waals surface area contributed by atoms with Gasteiger partial charge in [0.15, 0.2) is 0 Å². The fourth-order valence-electron chi connectivity index (χ4n) is 1.50. The predicted molar refractivity (Wildman–Crippen MR) is 43.2 cm³/mol. The van der Waals surface area contributed by atoms with Crippen molar-refractivity contribution in [2.75, 3.05) is 0 Å². The topological polar surface area (TPSA) is 13.1 Å². The maximum absolute atomic E-state index is 5.44. The lowest BCUT2D eigenvalue weighted by Gasteiger charge is -2.03. The molecule has 1 fully saturated rings. The maximum atomic E-state index is 5.44. The number of rotatable bonds is 1. The van der Waals surface area contributed by atoms with E-state index in [0.29, 0.717) is 0 Å². The summed E-state index contributed by atoms with van der Waals surface area (Å²) in [4.78, 5) is 0. The summed E-state index contributed by atoms with van der Waals surface area (Å²) in [6, 6.07) is 1.99. The molecule has 56 valence electrons. The molecular weight excluding hydrogens is 136 g/mol. The zero-order valence-electron chi connectivity index (χ0n) is 6.55. The molecule has 1 aromatic heterocycles. The highest BCUT2D eigenvalue weighted by atomic mass is 16.3. The molecule has 0 saturated heterocycles. The number of hydrogen-bond donors (Lipinski definition) is 0. The second kappa shape index (κ2) is 1.92. The summed E-state index contributed by atoms with van der Waals surface area (Å²) >= 11 is 0. The molecule has 0 bridgehead atoms. The molecule has 1 nitrogen and oxygen atoms in total. The molecule has 0 radical (unpaired) electrons. The zero-order chi connectivity index (χ0) is 7.90. The van der Waals surface area contributed by atoms with Crippen LogP contribution in [0.15, 0.2) is 16.7 Å². The monoisotopic (exact) mass is 146 g/mol. The Morgan fingerprint density at radius 1 is 1.64 bits per heavy atom. The molecule has 1 heteroatoms. The Morgan fingerprint density at radius 2 is 2.36 bits per heavy atom. The van der Waals surface area contributed by atoms with Gasteiger partial charge in [0.1, 0.15) is 5.76 Å². The Kier molecular flexibility index (Phi) is 1.14. The summed E-state index contributed by atoms with van der Waals surface area (Å²) in [6.45, 7) is 1.97. The van der Waals surface area contributed by atoms with Crippen molar-refractivity contribution in [3.05, 3.63) is 23.7 Å². The van der Waals surface area contributed by atoms with E-state index in [9.17, 15) is 0 Å². The highest BCUT2D eigenvalue weighted by molar-refractivity contribution is 5.41. The van der Waals surface area contributed by atoms with Gasteiger partial charge < -0.3 is 4.42 Å². The minimum atomic E-state index is 0.0388. The average molecular weight is 146 g/mol. The van der Waals surface area contributed by atoms with Crippen LogP contribution in [0, 0.1) is 19.3 Å². The maximum Gasteiger partial charge on any atom is 0.105 e. The molecule has 1 aliphatic carbocycles. The van der Waals surface area contributed by atoms with E-state index in [1.165, 1.54) is 5.56 Å². The van der Waals surface area contributed by atoms with Crippen LogP contribution in [0.25, 0.3) is 0 Å². The van der Waals surface area contributed by atoms with Crippen LogP contribution < -0.4 is 0 Å². The Bertz CT molecular complexity index is 310. The first-order chi connectivity index (χ1) is 5.28. The quantitative estimate of drug-likeness (QED) is 0.554.